The second kappa shape index (κ2) is 10.1. The molecule has 0 aliphatic heterocycles. The van der Waals surface area contributed by atoms with Crippen molar-refractivity contribution in [2.45, 2.75) is 52.6 Å². The van der Waals surface area contributed by atoms with Gasteiger partial charge in [0.1, 0.15) is 17.3 Å². The number of aryl methyl sites for hydroxylation is 3. The molecular weight excluding hydrogens is 396 g/mol. The molecule has 0 fully saturated rings. The van der Waals surface area contributed by atoms with E-state index in [1.165, 1.54) is 11.1 Å². The Bertz CT molecular complexity index is 1060. The van der Waals surface area contributed by atoms with E-state index in [-0.39, 0.29) is 0 Å². The highest BCUT2D eigenvalue weighted by atomic mass is 16.5. The van der Waals surface area contributed by atoms with Crippen molar-refractivity contribution >= 4 is 22.9 Å². The molecule has 8 heteroatoms. The van der Waals surface area contributed by atoms with Crippen molar-refractivity contribution in [1.29, 1.82) is 0 Å². The van der Waals surface area contributed by atoms with E-state index < -0.39 is 17.9 Å². The van der Waals surface area contributed by atoms with Crippen LogP contribution in [0.5, 0.6) is 5.75 Å². The van der Waals surface area contributed by atoms with Gasteiger partial charge in [-0.3, -0.25) is 4.79 Å². The van der Waals surface area contributed by atoms with Gasteiger partial charge in [0.15, 0.2) is 0 Å². The Hall–Kier alpha value is -3.42. The van der Waals surface area contributed by atoms with E-state index in [1.807, 2.05) is 17.7 Å². The molecule has 0 aliphatic carbocycles. The van der Waals surface area contributed by atoms with Crippen molar-refractivity contribution in [3.05, 3.63) is 53.1 Å². The number of aromatic nitrogens is 3. The van der Waals surface area contributed by atoms with Crippen LogP contribution >= 0.6 is 0 Å². The van der Waals surface area contributed by atoms with Crippen LogP contribution in [-0.2, 0) is 11.3 Å². The zero-order valence-corrected chi connectivity index (χ0v) is 18.1. The minimum atomic E-state index is -1.03. The third-order valence-electron chi connectivity index (χ3n) is 5.21. The molecule has 0 radical (unpaired) electrons. The summed E-state index contributed by atoms with van der Waals surface area (Å²) < 4.78 is 7.65. The third kappa shape index (κ3) is 5.59. The van der Waals surface area contributed by atoms with Crippen molar-refractivity contribution in [3.8, 4) is 5.75 Å². The molecule has 1 heterocycles. The Morgan fingerprint density at radius 3 is 2.55 bits per heavy atom. The summed E-state index contributed by atoms with van der Waals surface area (Å²) in [5.74, 6) is -0.786. The number of nitrogens with zero attached hydrogens (tertiary/aromatic N) is 3. The van der Waals surface area contributed by atoms with Gasteiger partial charge < -0.3 is 15.2 Å². The molecule has 3 aromatic rings. The molecule has 1 unspecified atom stereocenters. The number of carboxylic acid groups (broad SMARTS) is 1. The molecule has 1 amide bonds. The fraction of sp³-hybridized carbons (Fsp3) is 0.391. The molecule has 1 atom stereocenters. The number of nitrogens with one attached hydrogen (secondary N) is 1. The number of ether oxygens (including phenoxy) is 1. The Kier molecular flexibility index (Phi) is 7.23. The lowest BCUT2D eigenvalue weighted by molar-refractivity contribution is -0.139. The number of fused-ring (bicyclic) bond motifs is 1. The van der Waals surface area contributed by atoms with Gasteiger partial charge in [-0.05, 0) is 67.8 Å². The summed E-state index contributed by atoms with van der Waals surface area (Å²) in [6.45, 7) is 7.20. The monoisotopic (exact) mass is 424 g/mol. The van der Waals surface area contributed by atoms with Crippen LogP contribution in [-0.4, -0.2) is 44.6 Å². The van der Waals surface area contributed by atoms with Gasteiger partial charge in [-0.25, -0.2) is 9.48 Å². The molecule has 0 spiro atoms. The molecule has 0 saturated heterocycles. The molecule has 0 bridgehead atoms. The highest BCUT2D eigenvalue weighted by molar-refractivity contribution is 5.96. The second-order valence-electron chi connectivity index (χ2n) is 7.62. The SMILES string of the molecule is CCCC(NC(=O)c1ccc(OCCCn2nnc3cc(C)c(C)cc32)cc1)C(=O)O. The number of amides is 1. The van der Waals surface area contributed by atoms with Gasteiger partial charge in [-0.2, -0.15) is 0 Å². The van der Waals surface area contributed by atoms with Crippen LogP contribution < -0.4 is 10.1 Å². The summed E-state index contributed by atoms with van der Waals surface area (Å²) in [5.41, 5.74) is 4.71. The average molecular weight is 425 g/mol. The summed E-state index contributed by atoms with van der Waals surface area (Å²) in [6.07, 6.45) is 1.82. The first-order valence-electron chi connectivity index (χ1n) is 10.5. The van der Waals surface area contributed by atoms with Gasteiger partial charge in [-0.15, -0.1) is 5.10 Å². The predicted molar refractivity (Wildman–Crippen MR) is 117 cm³/mol. The molecule has 3 rings (SSSR count). The van der Waals surface area contributed by atoms with Crippen molar-refractivity contribution in [1.82, 2.24) is 20.3 Å². The summed E-state index contributed by atoms with van der Waals surface area (Å²) in [7, 11) is 0. The first-order valence-corrected chi connectivity index (χ1v) is 10.5. The molecule has 164 valence electrons. The molecule has 0 aliphatic rings. The maximum absolute atomic E-state index is 12.3. The first-order chi connectivity index (χ1) is 14.9. The standard InChI is InChI=1S/C23H28N4O4/c1-4-6-19(23(29)30)24-22(28)17-7-9-18(10-8-17)31-12-5-11-27-21-14-16(3)15(2)13-20(21)25-26-27/h7-10,13-14,19H,4-6,11-12H2,1-3H3,(H,24,28)(H,29,30). The minimum Gasteiger partial charge on any atom is -0.494 e. The van der Waals surface area contributed by atoms with Crippen molar-refractivity contribution in [3.63, 3.8) is 0 Å². The quantitative estimate of drug-likeness (QED) is 0.483. The topological polar surface area (TPSA) is 106 Å². The molecule has 2 aromatic carbocycles. The summed E-state index contributed by atoms with van der Waals surface area (Å²) >= 11 is 0. The second-order valence-corrected chi connectivity index (χ2v) is 7.62. The van der Waals surface area contributed by atoms with Gasteiger partial charge in [0.05, 0.1) is 12.1 Å². The van der Waals surface area contributed by atoms with Crippen LogP contribution in [0.1, 0.15) is 47.7 Å². The van der Waals surface area contributed by atoms with E-state index in [0.717, 1.165) is 17.5 Å². The fourth-order valence-electron chi connectivity index (χ4n) is 3.28. The fourth-order valence-corrected chi connectivity index (χ4v) is 3.28. The smallest absolute Gasteiger partial charge is 0.326 e. The number of benzene rings is 2. The molecule has 0 saturated carbocycles. The predicted octanol–water partition coefficient (Wildman–Crippen LogP) is 3.50. The summed E-state index contributed by atoms with van der Waals surface area (Å²) in [5, 5.41) is 20.2. The Labute approximate surface area is 181 Å². The van der Waals surface area contributed by atoms with Crippen LogP contribution in [0.3, 0.4) is 0 Å². The summed E-state index contributed by atoms with van der Waals surface area (Å²) in [6, 6.07) is 9.95. The molecule has 1 aromatic heterocycles. The molecular formula is C23H28N4O4. The van der Waals surface area contributed by atoms with E-state index >= 15 is 0 Å². The number of hydrogen-bond donors (Lipinski definition) is 2. The van der Waals surface area contributed by atoms with Crippen LogP contribution in [0.2, 0.25) is 0 Å². The van der Waals surface area contributed by atoms with E-state index in [0.29, 0.717) is 37.3 Å². The Morgan fingerprint density at radius 1 is 1.16 bits per heavy atom. The first kappa shape index (κ1) is 22.3. The maximum Gasteiger partial charge on any atom is 0.326 e. The number of rotatable bonds is 10. The normalized spacial score (nSPS) is 12.0. The van der Waals surface area contributed by atoms with Crippen LogP contribution in [0.15, 0.2) is 36.4 Å². The van der Waals surface area contributed by atoms with E-state index in [1.54, 1.807) is 24.3 Å². The maximum atomic E-state index is 12.3. The van der Waals surface area contributed by atoms with Gasteiger partial charge in [0.2, 0.25) is 0 Å². The number of carbonyl (C=O) groups excluding carboxylic acids is 1. The largest absolute Gasteiger partial charge is 0.494 e. The number of hydrogen-bond acceptors (Lipinski definition) is 5. The van der Waals surface area contributed by atoms with Crippen LogP contribution in [0.4, 0.5) is 0 Å². The van der Waals surface area contributed by atoms with Crippen molar-refractivity contribution in [2.24, 2.45) is 0 Å². The van der Waals surface area contributed by atoms with Gasteiger partial charge in [0, 0.05) is 18.5 Å². The average Bonchev–Trinajstić information content (AvgIpc) is 3.13. The van der Waals surface area contributed by atoms with Gasteiger partial charge in [-0.1, -0.05) is 18.6 Å². The lowest BCUT2D eigenvalue weighted by Crippen LogP contribution is -2.40. The number of carbonyl (C=O) groups is 2. The van der Waals surface area contributed by atoms with Crippen molar-refractivity contribution < 1.29 is 19.4 Å². The minimum absolute atomic E-state index is 0.391. The zero-order valence-electron chi connectivity index (χ0n) is 18.1. The van der Waals surface area contributed by atoms with Crippen LogP contribution in [0, 0.1) is 13.8 Å². The van der Waals surface area contributed by atoms with E-state index in [2.05, 4.69) is 35.5 Å². The van der Waals surface area contributed by atoms with Gasteiger partial charge in [0.25, 0.3) is 5.91 Å². The number of aliphatic carboxylic acids is 1. The number of carboxylic acids is 1. The highest BCUT2D eigenvalue weighted by Crippen LogP contribution is 2.18. The summed E-state index contributed by atoms with van der Waals surface area (Å²) in [4.78, 5) is 23.5. The molecule has 2 N–H and O–H groups in total. The molecule has 31 heavy (non-hydrogen) atoms. The molecule has 8 nitrogen and oxygen atoms in total. The third-order valence-corrected chi connectivity index (χ3v) is 5.21. The van der Waals surface area contributed by atoms with Crippen LogP contribution in [0.25, 0.3) is 11.0 Å². The Morgan fingerprint density at radius 2 is 1.87 bits per heavy atom. The highest BCUT2D eigenvalue weighted by Gasteiger charge is 2.19. The van der Waals surface area contributed by atoms with E-state index in [4.69, 9.17) is 4.74 Å². The Balaban J connectivity index is 1.50. The zero-order chi connectivity index (χ0) is 22.4. The lowest BCUT2D eigenvalue weighted by atomic mass is 10.1. The van der Waals surface area contributed by atoms with E-state index in [9.17, 15) is 14.7 Å². The van der Waals surface area contributed by atoms with Crippen molar-refractivity contribution in [2.75, 3.05) is 6.61 Å². The van der Waals surface area contributed by atoms with Gasteiger partial charge >= 0.3 is 5.97 Å². The lowest BCUT2D eigenvalue weighted by Gasteiger charge is -2.13.